The van der Waals surface area contributed by atoms with Crippen LogP contribution in [0.1, 0.15) is 31.4 Å². The minimum atomic E-state index is 0.0803. The number of hydrogen-bond donors (Lipinski definition) is 1. The van der Waals surface area contributed by atoms with Crippen LogP contribution in [0.2, 0.25) is 0 Å². The van der Waals surface area contributed by atoms with Gasteiger partial charge in [0.05, 0.1) is 13.2 Å². The van der Waals surface area contributed by atoms with Crippen molar-refractivity contribution in [1.82, 2.24) is 5.32 Å². The Morgan fingerprint density at radius 2 is 2.12 bits per heavy atom. The largest absolute Gasteiger partial charge is 0.496 e. The highest BCUT2D eigenvalue weighted by atomic mass is 16.5. The van der Waals surface area contributed by atoms with Crippen molar-refractivity contribution in [2.45, 2.75) is 31.9 Å². The van der Waals surface area contributed by atoms with Crippen LogP contribution >= 0.6 is 0 Å². The van der Waals surface area contributed by atoms with Crippen LogP contribution in [0.4, 0.5) is 0 Å². The summed E-state index contributed by atoms with van der Waals surface area (Å²) in [5, 5.41) is 3.51. The third kappa shape index (κ3) is 3.45. The van der Waals surface area contributed by atoms with Gasteiger partial charge in [0.1, 0.15) is 5.75 Å². The lowest BCUT2D eigenvalue weighted by molar-refractivity contribution is 0.0603. The average molecular weight is 235 g/mol. The summed E-state index contributed by atoms with van der Waals surface area (Å²) in [7, 11) is 1.70. The second-order valence-electron chi connectivity index (χ2n) is 4.37. The molecule has 0 saturated heterocycles. The van der Waals surface area contributed by atoms with Crippen molar-refractivity contribution >= 4 is 0 Å². The summed E-state index contributed by atoms with van der Waals surface area (Å²) in [6.45, 7) is 3.60. The number of benzene rings is 1. The smallest absolute Gasteiger partial charge is 0.124 e. The fourth-order valence-electron chi connectivity index (χ4n) is 1.95. The molecule has 1 aliphatic carbocycles. The Morgan fingerprint density at radius 3 is 2.76 bits per heavy atom. The molecule has 1 fully saturated rings. The Labute approximate surface area is 103 Å². The van der Waals surface area contributed by atoms with Gasteiger partial charge < -0.3 is 14.8 Å². The minimum Gasteiger partial charge on any atom is -0.496 e. The molecule has 1 aromatic carbocycles. The molecule has 1 aliphatic rings. The van der Waals surface area contributed by atoms with Gasteiger partial charge in [-0.3, -0.25) is 0 Å². The fourth-order valence-corrected chi connectivity index (χ4v) is 1.95. The van der Waals surface area contributed by atoms with Crippen molar-refractivity contribution in [3.05, 3.63) is 29.8 Å². The summed E-state index contributed by atoms with van der Waals surface area (Å²) in [6.07, 6.45) is 2.67. The van der Waals surface area contributed by atoms with Crippen LogP contribution in [0.25, 0.3) is 0 Å². The lowest BCUT2D eigenvalue weighted by Gasteiger charge is -2.20. The Morgan fingerprint density at radius 1 is 1.35 bits per heavy atom. The molecule has 1 saturated carbocycles. The third-order valence-corrected chi connectivity index (χ3v) is 3.02. The summed E-state index contributed by atoms with van der Waals surface area (Å²) in [4.78, 5) is 0. The molecule has 1 aromatic rings. The van der Waals surface area contributed by atoms with Crippen LogP contribution in [0, 0.1) is 0 Å². The molecular formula is C14H21NO2. The van der Waals surface area contributed by atoms with Gasteiger partial charge in [-0.05, 0) is 25.8 Å². The van der Waals surface area contributed by atoms with Gasteiger partial charge >= 0.3 is 0 Å². The van der Waals surface area contributed by atoms with Crippen LogP contribution < -0.4 is 10.1 Å². The summed E-state index contributed by atoms with van der Waals surface area (Å²) < 4.78 is 11.2. The van der Waals surface area contributed by atoms with Crippen molar-refractivity contribution in [2.24, 2.45) is 0 Å². The molecule has 0 aromatic heterocycles. The molecule has 1 N–H and O–H groups in total. The van der Waals surface area contributed by atoms with Gasteiger partial charge in [-0.25, -0.2) is 0 Å². The third-order valence-electron chi connectivity index (χ3n) is 3.02. The van der Waals surface area contributed by atoms with E-state index in [4.69, 9.17) is 9.47 Å². The number of methoxy groups -OCH3 is 1. The first-order valence-corrected chi connectivity index (χ1v) is 6.33. The Hall–Kier alpha value is -1.06. The maximum Gasteiger partial charge on any atom is 0.124 e. The maximum atomic E-state index is 5.81. The van der Waals surface area contributed by atoms with Crippen LogP contribution in [0.3, 0.4) is 0 Å². The zero-order valence-corrected chi connectivity index (χ0v) is 10.6. The number of para-hydroxylation sites is 1. The minimum absolute atomic E-state index is 0.0803. The van der Waals surface area contributed by atoms with Crippen LogP contribution in [0.15, 0.2) is 24.3 Å². The van der Waals surface area contributed by atoms with Gasteiger partial charge in [-0.2, -0.15) is 0 Å². The van der Waals surface area contributed by atoms with E-state index in [1.54, 1.807) is 7.11 Å². The van der Waals surface area contributed by atoms with Gasteiger partial charge in [-0.15, -0.1) is 0 Å². The second-order valence-corrected chi connectivity index (χ2v) is 4.37. The topological polar surface area (TPSA) is 30.5 Å². The van der Waals surface area contributed by atoms with E-state index in [0.29, 0.717) is 6.04 Å². The van der Waals surface area contributed by atoms with Crippen molar-refractivity contribution in [3.8, 4) is 5.75 Å². The lowest BCUT2D eigenvalue weighted by Crippen LogP contribution is -2.25. The van der Waals surface area contributed by atoms with Gasteiger partial charge in [0.15, 0.2) is 0 Å². The highest BCUT2D eigenvalue weighted by Crippen LogP contribution is 2.28. The molecule has 0 aliphatic heterocycles. The van der Waals surface area contributed by atoms with Crippen molar-refractivity contribution in [2.75, 3.05) is 20.3 Å². The first-order valence-electron chi connectivity index (χ1n) is 6.33. The zero-order valence-electron chi connectivity index (χ0n) is 10.6. The van der Waals surface area contributed by atoms with Crippen molar-refractivity contribution < 1.29 is 9.47 Å². The first-order chi connectivity index (χ1) is 8.35. The molecule has 3 heteroatoms. The normalized spacial score (nSPS) is 16.8. The summed E-state index contributed by atoms with van der Waals surface area (Å²) in [5.74, 6) is 0.906. The van der Waals surface area contributed by atoms with Crippen LogP contribution in [-0.4, -0.2) is 26.3 Å². The Balaban J connectivity index is 2.05. The van der Waals surface area contributed by atoms with Crippen molar-refractivity contribution in [3.63, 3.8) is 0 Å². The zero-order chi connectivity index (χ0) is 12.1. The quantitative estimate of drug-likeness (QED) is 0.787. The standard InChI is InChI=1S/C14H21NO2/c1-3-17-14(10-15-11-8-9-11)12-6-4-5-7-13(12)16-2/h4-7,11,14-15H,3,8-10H2,1-2H3. The number of rotatable bonds is 7. The lowest BCUT2D eigenvalue weighted by atomic mass is 10.1. The molecule has 0 amide bonds. The highest BCUT2D eigenvalue weighted by molar-refractivity contribution is 5.35. The molecule has 0 spiro atoms. The predicted molar refractivity (Wildman–Crippen MR) is 68.4 cm³/mol. The molecule has 1 unspecified atom stereocenters. The van der Waals surface area contributed by atoms with Gasteiger partial charge in [0, 0.05) is 24.8 Å². The van der Waals surface area contributed by atoms with E-state index in [-0.39, 0.29) is 6.10 Å². The summed E-state index contributed by atoms with van der Waals surface area (Å²) in [6, 6.07) is 8.78. The average Bonchev–Trinajstić information content (AvgIpc) is 3.18. The monoisotopic (exact) mass is 235 g/mol. The van der Waals surface area contributed by atoms with E-state index in [1.807, 2.05) is 25.1 Å². The number of hydrogen-bond acceptors (Lipinski definition) is 3. The molecular weight excluding hydrogens is 214 g/mol. The Kier molecular flexibility index (Phi) is 4.40. The molecule has 3 nitrogen and oxygen atoms in total. The first kappa shape index (κ1) is 12.4. The van der Waals surface area contributed by atoms with E-state index >= 15 is 0 Å². The molecule has 0 radical (unpaired) electrons. The van der Waals surface area contributed by atoms with Crippen molar-refractivity contribution in [1.29, 1.82) is 0 Å². The predicted octanol–water partition coefficient (Wildman–Crippen LogP) is 2.52. The molecule has 0 bridgehead atoms. The number of nitrogens with one attached hydrogen (secondary N) is 1. The fraction of sp³-hybridized carbons (Fsp3) is 0.571. The second kappa shape index (κ2) is 6.03. The van der Waals surface area contributed by atoms with Crippen LogP contribution in [0.5, 0.6) is 5.75 Å². The molecule has 2 rings (SSSR count). The maximum absolute atomic E-state index is 5.81. The summed E-state index contributed by atoms with van der Waals surface area (Å²) >= 11 is 0. The molecule has 1 atom stereocenters. The van der Waals surface area contributed by atoms with Gasteiger partial charge in [0.25, 0.3) is 0 Å². The van der Waals surface area contributed by atoms with E-state index in [1.165, 1.54) is 12.8 Å². The van der Waals surface area contributed by atoms with E-state index < -0.39 is 0 Å². The SMILES string of the molecule is CCOC(CNC1CC1)c1ccccc1OC. The van der Waals surface area contributed by atoms with E-state index in [2.05, 4.69) is 11.4 Å². The van der Waals surface area contributed by atoms with Gasteiger partial charge in [0.2, 0.25) is 0 Å². The number of ether oxygens (including phenoxy) is 2. The molecule has 0 heterocycles. The van der Waals surface area contributed by atoms with Gasteiger partial charge in [-0.1, -0.05) is 18.2 Å². The molecule has 94 valence electrons. The van der Waals surface area contributed by atoms with E-state index in [0.717, 1.165) is 24.5 Å². The van der Waals surface area contributed by atoms with Crippen LogP contribution in [-0.2, 0) is 4.74 Å². The summed E-state index contributed by atoms with van der Waals surface area (Å²) in [5.41, 5.74) is 1.13. The Bertz CT molecular complexity index is 350. The highest BCUT2D eigenvalue weighted by Gasteiger charge is 2.23. The molecule has 17 heavy (non-hydrogen) atoms. The van der Waals surface area contributed by atoms with E-state index in [9.17, 15) is 0 Å².